The molecule has 0 heterocycles. The average molecular weight is 427 g/mol. The van der Waals surface area contributed by atoms with Crippen LogP contribution in [0.5, 0.6) is 0 Å². The number of benzene rings is 2. The molecule has 0 heteroatoms. The molecule has 1 aliphatic rings. The Morgan fingerprint density at radius 2 is 1.35 bits per heavy atom. The van der Waals surface area contributed by atoms with Gasteiger partial charge < -0.3 is 0 Å². The van der Waals surface area contributed by atoms with Gasteiger partial charge in [0.2, 0.25) is 0 Å². The molecule has 1 atom stereocenters. The van der Waals surface area contributed by atoms with Crippen LogP contribution < -0.4 is 0 Å². The van der Waals surface area contributed by atoms with Gasteiger partial charge in [0.25, 0.3) is 0 Å². The van der Waals surface area contributed by atoms with Crippen LogP contribution in [0.3, 0.4) is 0 Å². The van der Waals surface area contributed by atoms with E-state index in [2.05, 4.69) is 77.1 Å². The molecule has 0 bridgehead atoms. The van der Waals surface area contributed by atoms with Crippen LogP contribution in [0.1, 0.15) is 137 Å². The maximum atomic E-state index is 2.54. The molecule has 1 unspecified atom stereocenters. The third-order valence-corrected chi connectivity index (χ3v) is 6.59. The van der Waals surface area contributed by atoms with Crippen molar-refractivity contribution in [3.05, 3.63) is 59.2 Å². The van der Waals surface area contributed by atoms with Crippen molar-refractivity contribution in [1.29, 1.82) is 0 Å². The number of hydrogen-bond donors (Lipinski definition) is 0. The van der Waals surface area contributed by atoms with Crippen molar-refractivity contribution < 1.29 is 0 Å². The molecule has 0 spiro atoms. The first-order chi connectivity index (χ1) is 13.5. The topological polar surface area (TPSA) is 0 Å². The van der Waals surface area contributed by atoms with Crippen LogP contribution in [-0.2, 0) is 0 Å². The Morgan fingerprint density at radius 1 is 0.806 bits per heavy atom. The molecule has 31 heavy (non-hydrogen) atoms. The van der Waals surface area contributed by atoms with Gasteiger partial charge >= 0.3 is 0 Å². The zero-order chi connectivity index (χ0) is 20.7. The molecular formula is C31H54. The van der Waals surface area contributed by atoms with E-state index in [1.165, 1.54) is 48.8 Å². The second-order valence-corrected chi connectivity index (χ2v) is 8.89. The first-order valence-corrected chi connectivity index (χ1v) is 11.7. The highest BCUT2D eigenvalue weighted by atomic mass is 14.3. The summed E-state index contributed by atoms with van der Waals surface area (Å²) in [5.74, 6) is 2.89. The summed E-state index contributed by atoms with van der Waals surface area (Å²) in [7, 11) is 0. The normalized spacial score (nSPS) is 18.5. The van der Waals surface area contributed by atoms with Crippen molar-refractivity contribution in [2.75, 3.05) is 0 Å². The Bertz CT molecular complexity index is 699. The Balaban J connectivity index is 0. The lowest BCUT2D eigenvalue weighted by atomic mass is 9.77. The third-order valence-electron chi connectivity index (χ3n) is 6.59. The van der Waals surface area contributed by atoms with Crippen LogP contribution in [0.25, 0.3) is 11.1 Å². The first-order valence-electron chi connectivity index (χ1n) is 11.7. The molecule has 0 saturated heterocycles. The van der Waals surface area contributed by atoms with E-state index < -0.39 is 0 Å². The minimum atomic E-state index is 0. The van der Waals surface area contributed by atoms with E-state index in [1.807, 2.05) is 13.8 Å². The van der Waals surface area contributed by atoms with Crippen LogP contribution in [0, 0.1) is 5.92 Å². The van der Waals surface area contributed by atoms with Crippen LogP contribution in [0.15, 0.2) is 42.5 Å². The van der Waals surface area contributed by atoms with E-state index >= 15 is 0 Å². The Morgan fingerprint density at radius 3 is 1.84 bits per heavy atom. The Kier molecular flexibility index (Phi) is 15.6. The second kappa shape index (κ2) is 15.3. The molecule has 1 saturated carbocycles. The van der Waals surface area contributed by atoms with Gasteiger partial charge in [0.15, 0.2) is 0 Å². The molecule has 178 valence electrons. The molecule has 0 N–H and O–H groups in total. The summed E-state index contributed by atoms with van der Waals surface area (Å²) in [5.41, 5.74) is 7.35. The molecule has 1 aliphatic carbocycles. The van der Waals surface area contributed by atoms with Gasteiger partial charge in [-0.2, -0.15) is 0 Å². The van der Waals surface area contributed by atoms with Gasteiger partial charge in [-0.15, -0.1) is 0 Å². The molecule has 0 aromatic heterocycles. The predicted molar refractivity (Wildman–Crippen MR) is 147 cm³/mol. The van der Waals surface area contributed by atoms with E-state index in [9.17, 15) is 0 Å². The molecule has 0 nitrogen and oxygen atoms in total. The molecular weight excluding hydrogens is 372 g/mol. The minimum absolute atomic E-state index is 0. The summed E-state index contributed by atoms with van der Waals surface area (Å²) in [6, 6.07) is 16.6. The van der Waals surface area contributed by atoms with Gasteiger partial charge in [0.1, 0.15) is 0 Å². The first kappa shape index (κ1) is 31.6. The highest BCUT2D eigenvalue weighted by Crippen LogP contribution is 2.39. The van der Waals surface area contributed by atoms with Crippen molar-refractivity contribution >= 4 is 0 Å². The summed E-state index contributed by atoms with van der Waals surface area (Å²) in [5, 5.41) is 0. The standard InChI is InChI=1S/C26H36.C2H6.3CH4/c1-6-20(5)26-17-24(22-9-7-19(4)8-10-22)15-16-25(26)23-13-11-21(12-14-23)18(2)3;1-2;;;/h11-20,22H,6-10H2,1-5H3;1-2H3;3*1H4. The van der Waals surface area contributed by atoms with Crippen LogP contribution in [-0.4, -0.2) is 0 Å². The lowest BCUT2D eigenvalue weighted by molar-refractivity contribution is 0.348. The lowest BCUT2D eigenvalue weighted by Gasteiger charge is -2.28. The van der Waals surface area contributed by atoms with E-state index in [0.717, 1.165) is 11.8 Å². The summed E-state index contributed by atoms with van der Waals surface area (Å²) < 4.78 is 0. The molecule has 1 fully saturated rings. The monoisotopic (exact) mass is 426 g/mol. The summed E-state index contributed by atoms with van der Waals surface area (Å²) in [4.78, 5) is 0. The largest absolute Gasteiger partial charge is 0.0776 e. The molecule has 0 amide bonds. The van der Waals surface area contributed by atoms with Crippen molar-refractivity contribution in [3.8, 4) is 11.1 Å². The summed E-state index contributed by atoms with van der Waals surface area (Å²) >= 11 is 0. The summed E-state index contributed by atoms with van der Waals surface area (Å²) in [6.07, 6.45) is 6.71. The van der Waals surface area contributed by atoms with Gasteiger partial charge in [-0.3, -0.25) is 0 Å². The SMILES string of the molecule is C.C.C.CC.CCC(C)c1cc(C2CCC(C)CC2)ccc1-c1ccc(C(C)C)cc1. The van der Waals surface area contributed by atoms with Crippen LogP contribution in [0.4, 0.5) is 0 Å². The van der Waals surface area contributed by atoms with Gasteiger partial charge in [-0.1, -0.05) is 126 Å². The predicted octanol–water partition coefficient (Wildman–Crippen LogP) is 11.2. The van der Waals surface area contributed by atoms with Crippen LogP contribution in [0.2, 0.25) is 0 Å². The summed E-state index contributed by atoms with van der Waals surface area (Å²) in [6.45, 7) is 15.6. The van der Waals surface area contributed by atoms with Crippen LogP contribution >= 0.6 is 0 Å². The highest BCUT2D eigenvalue weighted by molar-refractivity contribution is 5.69. The fourth-order valence-corrected chi connectivity index (χ4v) is 4.37. The van der Waals surface area contributed by atoms with Crippen molar-refractivity contribution in [1.82, 2.24) is 0 Å². The second-order valence-electron chi connectivity index (χ2n) is 8.89. The maximum Gasteiger partial charge on any atom is -0.0149 e. The highest BCUT2D eigenvalue weighted by Gasteiger charge is 2.21. The molecule has 3 rings (SSSR count). The maximum absolute atomic E-state index is 2.54. The quantitative estimate of drug-likeness (QED) is 0.446. The van der Waals surface area contributed by atoms with Gasteiger partial charge in [-0.05, 0) is 70.8 Å². The van der Waals surface area contributed by atoms with Crippen molar-refractivity contribution in [2.24, 2.45) is 5.92 Å². The third kappa shape index (κ3) is 8.13. The lowest BCUT2D eigenvalue weighted by Crippen LogP contribution is -2.11. The fraction of sp³-hybridized carbons (Fsp3) is 0.613. The molecule has 0 radical (unpaired) electrons. The smallest absolute Gasteiger partial charge is 0.0149 e. The molecule has 2 aromatic rings. The Labute approximate surface area is 196 Å². The van der Waals surface area contributed by atoms with E-state index in [4.69, 9.17) is 0 Å². The molecule has 0 aliphatic heterocycles. The zero-order valence-corrected chi connectivity index (χ0v) is 19.4. The zero-order valence-electron chi connectivity index (χ0n) is 19.4. The molecule has 2 aromatic carbocycles. The van der Waals surface area contributed by atoms with Gasteiger partial charge in [0.05, 0.1) is 0 Å². The van der Waals surface area contributed by atoms with Crippen molar-refractivity contribution in [3.63, 3.8) is 0 Å². The Hall–Kier alpha value is -1.56. The number of rotatable bonds is 5. The van der Waals surface area contributed by atoms with Crippen molar-refractivity contribution in [2.45, 2.75) is 121 Å². The average Bonchev–Trinajstić information content (AvgIpc) is 2.75. The minimum Gasteiger partial charge on any atom is -0.0776 e. The van der Waals surface area contributed by atoms with Gasteiger partial charge in [0, 0.05) is 0 Å². The van der Waals surface area contributed by atoms with E-state index in [0.29, 0.717) is 11.8 Å². The van der Waals surface area contributed by atoms with E-state index in [-0.39, 0.29) is 22.3 Å². The fourth-order valence-electron chi connectivity index (χ4n) is 4.37. The van der Waals surface area contributed by atoms with E-state index in [1.54, 1.807) is 11.1 Å². The number of hydrogen-bond acceptors (Lipinski definition) is 0. The van der Waals surface area contributed by atoms with Gasteiger partial charge in [-0.25, -0.2) is 0 Å².